The van der Waals surface area contributed by atoms with Crippen LogP contribution in [0.15, 0.2) is 29.2 Å². The minimum absolute atomic E-state index is 0.00337. The molecule has 0 aliphatic rings. The molecule has 18 heavy (non-hydrogen) atoms. The van der Waals surface area contributed by atoms with Gasteiger partial charge in [0.1, 0.15) is 0 Å². The summed E-state index contributed by atoms with van der Waals surface area (Å²) in [6.45, 7) is 1.38. The Hall–Kier alpha value is -1.12. The van der Waals surface area contributed by atoms with E-state index in [4.69, 9.17) is 5.73 Å². The second-order valence-electron chi connectivity index (χ2n) is 3.70. The van der Waals surface area contributed by atoms with Crippen LogP contribution in [0.25, 0.3) is 0 Å². The van der Waals surface area contributed by atoms with Crippen molar-refractivity contribution in [2.45, 2.75) is 11.8 Å². The van der Waals surface area contributed by atoms with Gasteiger partial charge in [-0.2, -0.15) is 0 Å². The van der Waals surface area contributed by atoms with Crippen molar-refractivity contribution in [3.05, 3.63) is 24.3 Å². The van der Waals surface area contributed by atoms with Gasteiger partial charge in [-0.3, -0.25) is 0 Å². The zero-order chi connectivity index (χ0) is 13.8. The van der Waals surface area contributed by atoms with E-state index < -0.39 is 19.9 Å². The number of anilines is 1. The van der Waals surface area contributed by atoms with E-state index in [1.165, 1.54) is 31.2 Å². The van der Waals surface area contributed by atoms with Gasteiger partial charge in [0, 0.05) is 18.0 Å². The Morgan fingerprint density at radius 1 is 1.11 bits per heavy atom. The van der Waals surface area contributed by atoms with Crippen LogP contribution in [0.2, 0.25) is 0 Å². The molecule has 0 saturated heterocycles. The predicted molar refractivity (Wildman–Crippen MR) is 70.4 cm³/mol. The standard InChI is InChI=1S/C10H16N2O4S2/c1-2-17(13,14)8-7-12-18(15,16)10-5-3-9(11)4-6-10/h3-6,12H,2,7-8,11H2,1H3. The van der Waals surface area contributed by atoms with Crippen LogP contribution in [0.5, 0.6) is 0 Å². The Labute approximate surface area is 107 Å². The summed E-state index contributed by atoms with van der Waals surface area (Å²) in [6.07, 6.45) is 0. The Bertz CT molecular complexity index is 591. The molecule has 8 heteroatoms. The SMILES string of the molecule is CCS(=O)(=O)CCNS(=O)(=O)c1ccc(N)cc1. The zero-order valence-electron chi connectivity index (χ0n) is 9.96. The maximum absolute atomic E-state index is 11.8. The van der Waals surface area contributed by atoms with Gasteiger partial charge in [0.05, 0.1) is 10.6 Å². The van der Waals surface area contributed by atoms with Gasteiger partial charge < -0.3 is 5.73 Å². The smallest absolute Gasteiger partial charge is 0.240 e. The molecular weight excluding hydrogens is 276 g/mol. The number of hydrogen-bond acceptors (Lipinski definition) is 5. The first-order chi connectivity index (χ1) is 8.27. The topological polar surface area (TPSA) is 106 Å². The van der Waals surface area contributed by atoms with Crippen LogP contribution in [-0.4, -0.2) is 34.9 Å². The number of nitrogens with one attached hydrogen (secondary N) is 1. The fourth-order valence-electron chi connectivity index (χ4n) is 1.21. The Morgan fingerprint density at radius 2 is 1.67 bits per heavy atom. The normalized spacial score (nSPS) is 12.5. The molecule has 0 aliphatic heterocycles. The maximum atomic E-state index is 11.8. The third kappa shape index (κ3) is 4.28. The van der Waals surface area contributed by atoms with Gasteiger partial charge in [-0.25, -0.2) is 21.6 Å². The van der Waals surface area contributed by atoms with Gasteiger partial charge >= 0.3 is 0 Å². The molecule has 1 aromatic carbocycles. The molecule has 0 fully saturated rings. The summed E-state index contributed by atoms with van der Waals surface area (Å²) in [5, 5.41) is 0. The average molecular weight is 292 g/mol. The van der Waals surface area contributed by atoms with Crippen molar-refractivity contribution in [1.29, 1.82) is 0 Å². The maximum Gasteiger partial charge on any atom is 0.240 e. The average Bonchev–Trinajstić information content (AvgIpc) is 2.29. The predicted octanol–water partition coefficient (Wildman–Crippen LogP) is -0.0182. The van der Waals surface area contributed by atoms with Crippen molar-refractivity contribution >= 4 is 25.5 Å². The van der Waals surface area contributed by atoms with Gasteiger partial charge in [-0.15, -0.1) is 0 Å². The third-order valence-corrected chi connectivity index (χ3v) is 5.52. The summed E-state index contributed by atoms with van der Waals surface area (Å²) < 4.78 is 48.2. The van der Waals surface area contributed by atoms with E-state index in [1.54, 1.807) is 0 Å². The molecule has 0 aliphatic carbocycles. The van der Waals surface area contributed by atoms with Crippen LogP contribution in [-0.2, 0) is 19.9 Å². The molecule has 0 saturated carbocycles. The quantitative estimate of drug-likeness (QED) is 0.717. The zero-order valence-corrected chi connectivity index (χ0v) is 11.6. The second-order valence-corrected chi connectivity index (χ2v) is 7.94. The number of sulfonamides is 1. The molecule has 6 nitrogen and oxygen atoms in total. The highest BCUT2D eigenvalue weighted by Gasteiger charge is 2.15. The first-order valence-corrected chi connectivity index (χ1v) is 8.63. The summed E-state index contributed by atoms with van der Waals surface area (Å²) in [5.41, 5.74) is 5.91. The van der Waals surface area contributed by atoms with Crippen LogP contribution >= 0.6 is 0 Å². The Kier molecular flexibility index (Phi) is 4.71. The Morgan fingerprint density at radius 3 is 2.17 bits per heavy atom. The number of benzene rings is 1. The fraction of sp³-hybridized carbons (Fsp3) is 0.400. The minimum Gasteiger partial charge on any atom is -0.399 e. The molecule has 1 aromatic rings. The fourth-order valence-corrected chi connectivity index (χ4v) is 3.07. The molecule has 0 atom stereocenters. The van der Waals surface area contributed by atoms with E-state index in [0.717, 1.165) is 0 Å². The van der Waals surface area contributed by atoms with Crippen LogP contribution < -0.4 is 10.5 Å². The van der Waals surface area contributed by atoms with E-state index in [1.807, 2.05) is 0 Å². The molecule has 0 radical (unpaired) electrons. The molecule has 0 heterocycles. The highest BCUT2D eigenvalue weighted by molar-refractivity contribution is 7.91. The molecule has 0 bridgehead atoms. The molecule has 0 unspecified atom stereocenters. The minimum atomic E-state index is -3.68. The van der Waals surface area contributed by atoms with Crippen molar-refractivity contribution in [3.8, 4) is 0 Å². The molecule has 0 aromatic heterocycles. The monoisotopic (exact) mass is 292 g/mol. The van der Waals surface area contributed by atoms with Gasteiger partial charge in [-0.1, -0.05) is 6.92 Å². The first kappa shape index (κ1) is 14.9. The van der Waals surface area contributed by atoms with Crippen LogP contribution in [0.1, 0.15) is 6.92 Å². The van der Waals surface area contributed by atoms with Gasteiger partial charge in [-0.05, 0) is 24.3 Å². The highest BCUT2D eigenvalue weighted by Crippen LogP contribution is 2.11. The highest BCUT2D eigenvalue weighted by atomic mass is 32.2. The van der Waals surface area contributed by atoms with Crippen LogP contribution in [0.4, 0.5) is 5.69 Å². The summed E-state index contributed by atoms with van der Waals surface area (Å²) >= 11 is 0. The number of hydrogen-bond donors (Lipinski definition) is 2. The van der Waals surface area contributed by atoms with Crippen molar-refractivity contribution in [2.75, 3.05) is 23.8 Å². The summed E-state index contributed by atoms with van der Waals surface area (Å²) in [5.74, 6) is -0.214. The van der Waals surface area contributed by atoms with Crippen molar-refractivity contribution in [3.63, 3.8) is 0 Å². The third-order valence-electron chi connectivity index (χ3n) is 2.34. The lowest BCUT2D eigenvalue weighted by molar-refractivity contribution is 0.581. The van der Waals surface area contributed by atoms with Crippen LogP contribution in [0, 0.1) is 0 Å². The van der Waals surface area contributed by atoms with E-state index >= 15 is 0 Å². The van der Waals surface area contributed by atoms with Crippen molar-refractivity contribution in [2.24, 2.45) is 0 Å². The van der Waals surface area contributed by atoms with Gasteiger partial charge in [0.25, 0.3) is 0 Å². The van der Waals surface area contributed by atoms with Crippen LogP contribution in [0.3, 0.4) is 0 Å². The van der Waals surface area contributed by atoms with Crippen molar-refractivity contribution in [1.82, 2.24) is 4.72 Å². The first-order valence-electron chi connectivity index (χ1n) is 5.32. The van der Waals surface area contributed by atoms with E-state index in [-0.39, 0.29) is 22.9 Å². The Balaban J connectivity index is 2.69. The lowest BCUT2D eigenvalue weighted by Crippen LogP contribution is -2.29. The molecule has 0 amide bonds. The number of nitrogen functional groups attached to an aromatic ring is 1. The van der Waals surface area contributed by atoms with Gasteiger partial charge in [0.15, 0.2) is 9.84 Å². The number of sulfone groups is 1. The van der Waals surface area contributed by atoms with E-state index in [9.17, 15) is 16.8 Å². The largest absolute Gasteiger partial charge is 0.399 e. The second kappa shape index (κ2) is 5.68. The molecule has 0 spiro atoms. The number of nitrogens with two attached hydrogens (primary N) is 1. The summed E-state index contributed by atoms with van der Waals surface area (Å²) in [4.78, 5) is 0.0607. The molecule has 3 N–H and O–H groups in total. The van der Waals surface area contributed by atoms with Crippen molar-refractivity contribution < 1.29 is 16.8 Å². The van der Waals surface area contributed by atoms with E-state index in [0.29, 0.717) is 5.69 Å². The molecule has 102 valence electrons. The summed E-state index contributed by atoms with van der Waals surface area (Å²) in [7, 11) is -6.86. The van der Waals surface area contributed by atoms with E-state index in [2.05, 4.69) is 4.72 Å². The number of rotatable bonds is 6. The summed E-state index contributed by atoms with van der Waals surface area (Å²) in [6, 6.07) is 5.67. The van der Waals surface area contributed by atoms with Gasteiger partial charge in [0.2, 0.25) is 10.0 Å². The lowest BCUT2D eigenvalue weighted by atomic mass is 10.3. The lowest BCUT2D eigenvalue weighted by Gasteiger charge is -2.06. The molecule has 1 rings (SSSR count). The molecular formula is C10H16N2O4S2.